The van der Waals surface area contributed by atoms with Crippen LogP contribution in [0, 0.1) is 0 Å². The summed E-state index contributed by atoms with van der Waals surface area (Å²) in [7, 11) is 1.68. The second kappa shape index (κ2) is 6.58. The van der Waals surface area contributed by atoms with E-state index in [2.05, 4.69) is 4.99 Å². The minimum atomic E-state index is -0.291. The summed E-state index contributed by atoms with van der Waals surface area (Å²) in [6, 6.07) is 14.4. The highest BCUT2D eigenvalue weighted by molar-refractivity contribution is 5.95. The molecule has 0 amide bonds. The number of fused-ring (bicyclic) bond motifs is 1. The summed E-state index contributed by atoms with van der Waals surface area (Å²) < 4.78 is 6.89. The Morgan fingerprint density at radius 2 is 1.88 bits per heavy atom. The molecular formula is C19H18N2O3. The fraction of sp³-hybridized carbons (Fsp3) is 0.158. The summed E-state index contributed by atoms with van der Waals surface area (Å²) in [5.41, 5.74) is 1.23. The number of benzene rings is 2. The lowest BCUT2D eigenvalue weighted by Crippen LogP contribution is -2.21. The SMILES string of the molecule is CCOc1ccc(N=Cc2c(O)c3ccccc3n(C)c2=O)cc1. The number of hydrogen-bond acceptors (Lipinski definition) is 4. The Hall–Kier alpha value is -3.08. The predicted molar refractivity (Wildman–Crippen MR) is 95.7 cm³/mol. The first kappa shape index (κ1) is 15.8. The second-order valence-corrected chi connectivity index (χ2v) is 5.33. The molecule has 0 radical (unpaired) electrons. The van der Waals surface area contributed by atoms with Gasteiger partial charge in [-0.1, -0.05) is 12.1 Å². The monoisotopic (exact) mass is 322 g/mol. The molecule has 3 rings (SSSR count). The van der Waals surface area contributed by atoms with Gasteiger partial charge in [-0.15, -0.1) is 0 Å². The Kier molecular flexibility index (Phi) is 4.33. The van der Waals surface area contributed by atoms with Gasteiger partial charge in [0.25, 0.3) is 5.56 Å². The third-order valence-electron chi connectivity index (χ3n) is 3.80. The summed E-state index contributed by atoms with van der Waals surface area (Å²) >= 11 is 0. The number of aromatic nitrogens is 1. The molecule has 0 spiro atoms. The Balaban J connectivity index is 2.02. The zero-order chi connectivity index (χ0) is 17.1. The fourth-order valence-electron chi connectivity index (χ4n) is 2.55. The normalized spacial score (nSPS) is 11.2. The van der Waals surface area contributed by atoms with Crippen molar-refractivity contribution in [3.05, 3.63) is 64.4 Å². The largest absolute Gasteiger partial charge is 0.506 e. The first-order valence-corrected chi connectivity index (χ1v) is 7.69. The summed E-state index contributed by atoms with van der Waals surface area (Å²) in [4.78, 5) is 16.7. The van der Waals surface area contributed by atoms with E-state index in [1.807, 2.05) is 31.2 Å². The van der Waals surface area contributed by atoms with Gasteiger partial charge in [0.15, 0.2) is 0 Å². The maximum Gasteiger partial charge on any atom is 0.263 e. The summed E-state index contributed by atoms with van der Waals surface area (Å²) in [5.74, 6) is 0.712. The van der Waals surface area contributed by atoms with Crippen LogP contribution in [-0.2, 0) is 7.05 Å². The van der Waals surface area contributed by atoms with Gasteiger partial charge in [0.2, 0.25) is 0 Å². The van der Waals surface area contributed by atoms with Crippen molar-refractivity contribution >= 4 is 22.8 Å². The first-order chi connectivity index (χ1) is 11.6. The molecule has 0 aliphatic heterocycles. The van der Waals surface area contributed by atoms with Crippen LogP contribution in [0.4, 0.5) is 5.69 Å². The Labute approximate surface area is 139 Å². The standard InChI is InChI=1S/C19H18N2O3/c1-3-24-14-10-8-13(9-11-14)20-12-16-18(22)15-6-4-5-7-17(15)21(2)19(16)23/h4-12,22H,3H2,1-2H3. The first-order valence-electron chi connectivity index (χ1n) is 7.69. The van der Waals surface area contributed by atoms with E-state index in [9.17, 15) is 9.90 Å². The molecular weight excluding hydrogens is 304 g/mol. The molecule has 0 saturated heterocycles. The number of rotatable bonds is 4. The van der Waals surface area contributed by atoms with Crippen molar-refractivity contribution in [2.75, 3.05) is 6.61 Å². The molecule has 0 unspecified atom stereocenters. The van der Waals surface area contributed by atoms with Crippen LogP contribution < -0.4 is 10.3 Å². The van der Waals surface area contributed by atoms with E-state index >= 15 is 0 Å². The molecule has 5 nitrogen and oxygen atoms in total. The van der Waals surface area contributed by atoms with Crippen LogP contribution in [0.2, 0.25) is 0 Å². The molecule has 0 aliphatic rings. The van der Waals surface area contributed by atoms with Crippen molar-refractivity contribution in [3.63, 3.8) is 0 Å². The summed E-state index contributed by atoms with van der Waals surface area (Å²) in [6.45, 7) is 2.52. The minimum Gasteiger partial charge on any atom is -0.506 e. The molecule has 2 aromatic carbocycles. The Morgan fingerprint density at radius 1 is 1.17 bits per heavy atom. The van der Waals surface area contributed by atoms with Crippen LogP contribution in [0.1, 0.15) is 12.5 Å². The number of aryl methyl sites for hydroxylation is 1. The lowest BCUT2D eigenvalue weighted by atomic mass is 10.1. The highest BCUT2D eigenvalue weighted by Crippen LogP contribution is 2.25. The molecule has 0 atom stereocenters. The third kappa shape index (κ3) is 2.88. The lowest BCUT2D eigenvalue weighted by molar-refractivity contribution is 0.340. The molecule has 3 aromatic rings. The van der Waals surface area contributed by atoms with E-state index in [4.69, 9.17) is 4.74 Å². The van der Waals surface area contributed by atoms with Crippen LogP contribution in [-0.4, -0.2) is 22.5 Å². The number of hydrogen-bond donors (Lipinski definition) is 1. The van der Waals surface area contributed by atoms with Crippen molar-refractivity contribution < 1.29 is 9.84 Å². The van der Waals surface area contributed by atoms with E-state index in [-0.39, 0.29) is 16.9 Å². The van der Waals surface area contributed by atoms with Gasteiger partial charge in [0.05, 0.1) is 17.8 Å². The van der Waals surface area contributed by atoms with Crippen LogP contribution in [0.15, 0.2) is 58.3 Å². The maximum atomic E-state index is 12.5. The Bertz CT molecular complexity index is 957. The van der Waals surface area contributed by atoms with Crippen LogP contribution >= 0.6 is 0 Å². The number of pyridine rings is 1. The van der Waals surface area contributed by atoms with Gasteiger partial charge in [-0.2, -0.15) is 0 Å². The average molecular weight is 322 g/mol. The van der Waals surface area contributed by atoms with Gasteiger partial charge in [0.1, 0.15) is 17.1 Å². The zero-order valence-electron chi connectivity index (χ0n) is 13.6. The van der Waals surface area contributed by atoms with E-state index < -0.39 is 0 Å². The quantitative estimate of drug-likeness (QED) is 0.749. The van der Waals surface area contributed by atoms with E-state index in [1.165, 1.54) is 10.8 Å². The number of ether oxygens (including phenoxy) is 1. The van der Waals surface area contributed by atoms with Crippen molar-refractivity contribution in [1.29, 1.82) is 0 Å². The van der Waals surface area contributed by atoms with Crippen molar-refractivity contribution in [2.24, 2.45) is 12.0 Å². The molecule has 5 heteroatoms. The molecule has 0 saturated carbocycles. The van der Waals surface area contributed by atoms with Crippen LogP contribution in [0.5, 0.6) is 11.5 Å². The smallest absolute Gasteiger partial charge is 0.263 e. The molecule has 0 fully saturated rings. The number of aliphatic imine (C=N–C) groups is 1. The van der Waals surface area contributed by atoms with Gasteiger partial charge in [-0.05, 0) is 43.3 Å². The minimum absolute atomic E-state index is 0.0524. The molecule has 0 bridgehead atoms. The zero-order valence-corrected chi connectivity index (χ0v) is 13.6. The van der Waals surface area contributed by atoms with Crippen molar-refractivity contribution in [3.8, 4) is 11.5 Å². The third-order valence-corrected chi connectivity index (χ3v) is 3.80. The topological polar surface area (TPSA) is 63.8 Å². The lowest BCUT2D eigenvalue weighted by Gasteiger charge is -2.09. The molecule has 122 valence electrons. The molecule has 1 aromatic heterocycles. The number of nitrogens with zero attached hydrogens (tertiary/aromatic N) is 2. The summed E-state index contributed by atoms with van der Waals surface area (Å²) in [5, 5.41) is 11.0. The van der Waals surface area contributed by atoms with Crippen LogP contribution in [0.3, 0.4) is 0 Å². The molecule has 1 heterocycles. The van der Waals surface area contributed by atoms with Crippen molar-refractivity contribution in [2.45, 2.75) is 6.92 Å². The molecule has 1 N–H and O–H groups in total. The average Bonchev–Trinajstić information content (AvgIpc) is 2.61. The number of para-hydroxylation sites is 1. The van der Waals surface area contributed by atoms with Crippen molar-refractivity contribution in [1.82, 2.24) is 4.57 Å². The van der Waals surface area contributed by atoms with Crippen LogP contribution in [0.25, 0.3) is 10.9 Å². The van der Waals surface area contributed by atoms with Gasteiger partial charge in [-0.25, -0.2) is 0 Å². The summed E-state index contributed by atoms with van der Waals surface area (Å²) in [6.07, 6.45) is 1.40. The van der Waals surface area contributed by atoms with E-state index in [1.54, 1.807) is 31.3 Å². The highest BCUT2D eigenvalue weighted by Gasteiger charge is 2.12. The number of aromatic hydroxyl groups is 1. The van der Waals surface area contributed by atoms with Gasteiger partial charge >= 0.3 is 0 Å². The second-order valence-electron chi connectivity index (χ2n) is 5.33. The molecule has 24 heavy (non-hydrogen) atoms. The van der Waals surface area contributed by atoms with Gasteiger partial charge < -0.3 is 14.4 Å². The fourth-order valence-corrected chi connectivity index (χ4v) is 2.55. The van der Waals surface area contributed by atoms with E-state index in [0.29, 0.717) is 23.2 Å². The Morgan fingerprint density at radius 3 is 2.58 bits per heavy atom. The van der Waals surface area contributed by atoms with Gasteiger partial charge in [-0.3, -0.25) is 9.79 Å². The highest BCUT2D eigenvalue weighted by atomic mass is 16.5. The maximum absolute atomic E-state index is 12.5. The van der Waals surface area contributed by atoms with E-state index in [0.717, 1.165) is 5.75 Å². The predicted octanol–water partition coefficient (Wildman–Crippen LogP) is 3.39. The van der Waals surface area contributed by atoms with Gasteiger partial charge in [0, 0.05) is 18.6 Å². The molecule has 0 aliphatic carbocycles.